The van der Waals surface area contributed by atoms with E-state index in [0.29, 0.717) is 24.0 Å². The summed E-state index contributed by atoms with van der Waals surface area (Å²) in [6.45, 7) is 30.5. The number of carbonyl (C=O) groups is 4. The number of alkyl carbamates (subject to hydrolysis) is 1. The van der Waals surface area contributed by atoms with Crippen LogP contribution >= 0.6 is 0 Å². The van der Waals surface area contributed by atoms with E-state index in [1.165, 1.54) is 19.6 Å². The molecule has 0 spiro atoms. The van der Waals surface area contributed by atoms with Crippen molar-refractivity contribution in [2.75, 3.05) is 6.61 Å². The van der Waals surface area contributed by atoms with Crippen molar-refractivity contribution < 1.29 is 66.3 Å². The lowest BCUT2D eigenvalue weighted by molar-refractivity contribution is -0.345. The monoisotopic (exact) mass is 978 g/mol. The molecule has 5 aliphatic rings. The second-order valence-electron chi connectivity index (χ2n) is 22.4. The molecule has 1 aromatic heterocycles. The number of amides is 1. The molecule has 0 radical (unpaired) electrons. The van der Waals surface area contributed by atoms with Gasteiger partial charge in [0.15, 0.2) is 24.4 Å². The Bertz CT molecular complexity index is 2250. The summed E-state index contributed by atoms with van der Waals surface area (Å²) >= 11 is 0. The van der Waals surface area contributed by atoms with Gasteiger partial charge in [0.1, 0.15) is 53.6 Å². The van der Waals surface area contributed by atoms with Crippen LogP contribution in [0, 0.1) is 16.7 Å². The number of hydrogen-bond donors (Lipinski definition) is 2. The van der Waals surface area contributed by atoms with Gasteiger partial charge in [-0.2, -0.15) is 0 Å². The standard InChI is InChI=1S/C52H74N2O14Si/c1-16-37-63-40-38-31(8)35(62-46(57)41(68-69(28(2)3,29(4)5)30(6)7)39(34-25-60-27-53-34)54-47(58)67-48(10,11)12)24-52(59,49(38,13)14)44(65-45(56)33-20-18-17-19-21-33)42-50(15,43(40)64-37)23-22-36-51(42,26-61-36)66-32(9)55/h16-21,25,27-30,35-37,39-44,59H,1,22-24,26H2,2-15H3,(H,54,58)/t35-,36+,37+,39-,40+,41+,42-,43+,44-,50+,51-,52+/m0/s1. The Morgan fingerprint density at radius 2 is 1.64 bits per heavy atom. The van der Waals surface area contributed by atoms with Gasteiger partial charge in [-0.1, -0.05) is 87.1 Å². The Morgan fingerprint density at radius 3 is 2.17 bits per heavy atom. The highest BCUT2D eigenvalue weighted by atomic mass is 28.4. The average Bonchev–Trinajstić information content (AvgIpc) is 3.94. The quantitative estimate of drug-likeness (QED) is 0.0787. The van der Waals surface area contributed by atoms with Gasteiger partial charge in [0, 0.05) is 24.2 Å². The van der Waals surface area contributed by atoms with Crippen molar-refractivity contribution in [2.45, 2.75) is 199 Å². The third kappa shape index (κ3) is 9.02. The Hall–Kier alpha value is -4.39. The van der Waals surface area contributed by atoms with Crippen molar-refractivity contribution in [2.24, 2.45) is 16.7 Å². The summed E-state index contributed by atoms with van der Waals surface area (Å²) in [7, 11) is -3.00. The first-order valence-electron chi connectivity index (χ1n) is 24.4. The minimum absolute atomic E-state index is 0.0121. The van der Waals surface area contributed by atoms with Gasteiger partial charge in [0.2, 0.25) is 8.32 Å². The minimum atomic E-state index is -3.00. The smallest absolute Gasteiger partial charge is 0.408 e. The van der Waals surface area contributed by atoms with Crippen LogP contribution < -0.4 is 5.32 Å². The predicted molar refractivity (Wildman–Crippen MR) is 255 cm³/mol. The second-order valence-corrected chi connectivity index (χ2v) is 27.9. The summed E-state index contributed by atoms with van der Waals surface area (Å²) in [5.74, 6) is -3.08. The van der Waals surface area contributed by atoms with Crippen LogP contribution in [0.2, 0.25) is 16.6 Å². The molecule has 2 N–H and O–H groups in total. The van der Waals surface area contributed by atoms with E-state index in [-0.39, 0.29) is 40.9 Å². The zero-order valence-corrected chi connectivity index (χ0v) is 43.8. The number of hydrogen-bond acceptors (Lipinski definition) is 15. The first-order valence-corrected chi connectivity index (χ1v) is 26.5. The molecule has 3 aliphatic carbocycles. The number of aliphatic hydroxyl groups is 1. The fourth-order valence-electron chi connectivity index (χ4n) is 13.0. The third-order valence-corrected chi connectivity index (χ3v) is 22.1. The second kappa shape index (κ2) is 19.0. The van der Waals surface area contributed by atoms with Crippen molar-refractivity contribution in [3.05, 3.63) is 78.0 Å². The van der Waals surface area contributed by atoms with E-state index in [0.717, 1.165) is 0 Å². The normalized spacial score (nSPS) is 32.6. The molecule has 0 unspecified atom stereocenters. The maximum absolute atomic E-state index is 15.7. The molecule has 380 valence electrons. The van der Waals surface area contributed by atoms with E-state index >= 15 is 4.79 Å². The Morgan fingerprint density at radius 1 is 0.986 bits per heavy atom. The van der Waals surface area contributed by atoms with Gasteiger partial charge >= 0.3 is 24.0 Å². The van der Waals surface area contributed by atoms with Crippen molar-refractivity contribution in [3.8, 4) is 0 Å². The largest absolute Gasteiger partial charge is 0.456 e. The predicted octanol–water partition coefficient (Wildman–Crippen LogP) is 8.84. The molecule has 7 rings (SSSR count). The first-order chi connectivity index (χ1) is 32.2. The molecular formula is C52H74N2O14Si. The summed E-state index contributed by atoms with van der Waals surface area (Å²) in [6.07, 6.45) is -3.34. The van der Waals surface area contributed by atoms with Gasteiger partial charge in [-0.3, -0.25) is 4.79 Å². The lowest BCUT2D eigenvalue weighted by Gasteiger charge is -2.68. The van der Waals surface area contributed by atoms with Crippen LogP contribution in [0.3, 0.4) is 0 Å². The highest BCUT2D eigenvalue weighted by Gasteiger charge is 2.77. The van der Waals surface area contributed by atoms with Crippen LogP contribution in [0.5, 0.6) is 0 Å². The molecule has 3 heterocycles. The maximum atomic E-state index is 15.7. The van der Waals surface area contributed by atoms with Crippen molar-refractivity contribution in [1.82, 2.24) is 10.3 Å². The highest BCUT2D eigenvalue weighted by Crippen LogP contribution is 2.67. The number of carbonyl (C=O) groups excluding carboxylic acids is 4. The summed E-state index contributed by atoms with van der Waals surface area (Å²) in [6, 6.07) is 7.21. The van der Waals surface area contributed by atoms with Gasteiger partial charge in [-0.15, -0.1) is 0 Å². The average molecular weight is 979 g/mol. The Labute approximate surface area is 407 Å². The number of aromatic nitrogens is 1. The number of benzene rings is 1. The molecule has 2 saturated heterocycles. The third-order valence-electron chi connectivity index (χ3n) is 16.0. The fourth-order valence-corrected chi connectivity index (χ4v) is 18.4. The molecule has 4 fully saturated rings. The van der Waals surface area contributed by atoms with E-state index in [9.17, 15) is 19.5 Å². The van der Waals surface area contributed by atoms with E-state index in [1.807, 2.05) is 27.7 Å². The molecule has 1 aromatic carbocycles. The lowest BCUT2D eigenvalue weighted by Crippen LogP contribution is -2.79. The molecule has 12 atom stereocenters. The topological polar surface area (TPSA) is 200 Å². The highest BCUT2D eigenvalue weighted by molar-refractivity contribution is 6.77. The summed E-state index contributed by atoms with van der Waals surface area (Å²) in [4.78, 5) is 61.7. The number of fused-ring (bicyclic) bond motifs is 8. The van der Waals surface area contributed by atoms with Gasteiger partial charge in [0.25, 0.3) is 0 Å². The number of nitrogens with one attached hydrogen (secondary N) is 1. The molecule has 69 heavy (non-hydrogen) atoms. The van der Waals surface area contributed by atoms with Crippen molar-refractivity contribution in [1.29, 1.82) is 0 Å². The van der Waals surface area contributed by atoms with Gasteiger partial charge in [-0.25, -0.2) is 19.4 Å². The fraction of sp³-hybridized carbons (Fsp3) is 0.673. The Balaban J connectivity index is 1.44. The molecule has 2 aliphatic heterocycles. The molecule has 17 heteroatoms. The molecule has 1 amide bonds. The van der Waals surface area contributed by atoms with E-state index in [4.69, 9.17) is 42.0 Å². The molecule has 2 aromatic rings. The lowest BCUT2D eigenvalue weighted by atomic mass is 9.45. The molecular weight excluding hydrogens is 905 g/mol. The summed E-state index contributed by atoms with van der Waals surface area (Å²) in [5, 5.41) is 17.0. The van der Waals surface area contributed by atoms with Gasteiger partial charge < -0.3 is 52.4 Å². The maximum Gasteiger partial charge on any atom is 0.408 e. The zero-order valence-electron chi connectivity index (χ0n) is 42.8. The summed E-state index contributed by atoms with van der Waals surface area (Å²) < 4.78 is 58.2. The van der Waals surface area contributed by atoms with E-state index < -0.39 is 115 Å². The minimum Gasteiger partial charge on any atom is -0.456 e. The van der Waals surface area contributed by atoms with Crippen molar-refractivity contribution >= 4 is 32.3 Å². The summed E-state index contributed by atoms with van der Waals surface area (Å²) in [5.41, 5.74) is -5.06. The molecule has 2 bridgehead atoms. The van der Waals surface area contributed by atoms with Crippen LogP contribution in [0.1, 0.15) is 138 Å². The SMILES string of the molecule is C=C[C@@H]1O[C@@H]2C3=C(C)[C@@H](OC(=O)[C@H](O[Si](C(C)C)(C(C)C)C(C)C)[C@@H](NC(=O)OC(C)(C)C)c4cocn4)C[C@@](O)([C@@H](OC(=O)c4ccccc4)[C@H]4[C@@](C)(CC[C@H]5OC[C@]54OC(C)=O)[C@@H]2O1)C3(C)C. The zero-order chi connectivity index (χ0) is 50.8. The van der Waals surface area contributed by atoms with Gasteiger partial charge in [0.05, 0.1) is 24.2 Å². The Kier molecular flexibility index (Phi) is 14.4. The van der Waals surface area contributed by atoms with E-state index in [2.05, 4.69) is 58.4 Å². The van der Waals surface area contributed by atoms with Crippen LogP contribution in [0.25, 0.3) is 0 Å². The number of nitrogens with zero attached hydrogens (tertiary/aromatic N) is 1. The number of oxazole rings is 1. The number of ether oxygens (including phenoxy) is 7. The molecule has 16 nitrogen and oxygen atoms in total. The first kappa shape index (κ1) is 52.4. The van der Waals surface area contributed by atoms with Crippen LogP contribution in [0.15, 0.2) is 71.2 Å². The van der Waals surface area contributed by atoms with E-state index in [1.54, 1.807) is 57.2 Å². The molecule has 2 saturated carbocycles. The van der Waals surface area contributed by atoms with Crippen LogP contribution in [-0.4, -0.2) is 109 Å². The van der Waals surface area contributed by atoms with Crippen molar-refractivity contribution in [3.63, 3.8) is 0 Å². The van der Waals surface area contributed by atoms with Crippen LogP contribution in [0.4, 0.5) is 4.79 Å². The number of rotatable bonds is 14. The van der Waals surface area contributed by atoms with Crippen LogP contribution in [-0.2, 0) is 47.2 Å². The van der Waals surface area contributed by atoms with Gasteiger partial charge in [-0.05, 0) is 86.5 Å². The number of esters is 3.